The zero-order chi connectivity index (χ0) is 16.1. The fourth-order valence-electron chi connectivity index (χ4n) is 2.47. The largest absolute Gasteiger partial charge is 0.341 e. The van der Waals surface area contributed by atoms with Crippen molar-refractivity contribution in [2.45, 2.75) is 33.1 Å². The van der Waals surface area contributed by atoms with Gasteiger partial charge >= 0.3 is 6.03 Å². The summed E-state index contributed by atoms with van der Waals surface area (Å²) in [5.74, 6) is 0.205. The molecule has 0 aliphatic carbocycles. The van der Waals surface area contributed by atoms with E-state index in [9.17, 15) is 9.59 Å². The van der Waals surface area contributed by atoms with E-state index >= 15 is 0 Å². The van der Waals surface area contributed by atoms with Crippen LogP contribution in [0, 0.1) is 6.92 Å². The molecule has 6 nitrogen and oxygen atoms in total. The second-order valence-corrected chi connectivity index (χ2v) is 6.91. The van der Waals surface area contributed by atoms with Gasteiger partial charge in [0.1, 0.15) is 6.54 Å². The molecule has 0 bridgehead atoms. The summed E-state index contributed by atoms with van der Waals surface area (Å²) in [6, 6.07) is -0.161. The Morgan fingerprint density at radius 1 is 1.50 bits per heavy atom. The fourth-order valence-corrected chi connectivity index (χ4v) is 3.29. The number of nitrogens with one attached hydrogen (secondary N) is 1. The van der Waals surface area contributed by atoms with Crippen molar-refractivity contribution in [1.82, 2.24) is 20.1 Å². The van der Waals surface area contributed by atoms with Crippen LogP contribution >= 0.6 is 11.3 Å². The van der Waals surface area contributed by atoms with Gasteiger partial charge in [-0.15, -0.1) is 11.3 Å². The number of aryl methyl sites for hydroxylation is 1. The third kappa shape index (κ3) is 4.19. The number of likely N-dealkylation sites (N-methyl/N-ethyl adjacent to an activating group) is 1. The Bertz CT molecular complexity index is 531. The number of rotatable bonds is 4. The molecule has 1 unspecified atom stereocenters. The second kappa shape index (κ2) is 7.58. The summed E-state index contributed by atoms with van der Waals surface area (Å²) in [4.78, 5) is 33.2. The Morgan fingerprint density at radius 3 is 2.91 bits per heavy atom. The van der Waals surface area contributed by atoms with Gasteiger partial charge in [0, 0.05) is 43.2 Å². The summed E-state index contributed by atoms with van der Waals surface area (Å²) in [7, 11) is 0. The molecule has 1 saturated heterocycles. The minimum absolute atomic E-state index is 0.0266. The van der Waals surface area contributed by atoms with Gasteiger partial charge in [-0.3, -0.25) is 4.79 Å². The van der Waals surface area contributed by atoms with Crippen LogP contribution in [0.4, 0.5) is 4.79 Å². The van der Waals surface area contributed by atoms with E-state index in [1.54, 1.807) is 21.1 Å². The lowest BCUT2D eigenvalue weighted by Crippen LogP contribution is -2.45. The van der Waals surface area contributed by atoms with Gasteiger partial charge in [0.15, 0.2) is 0 Å². The Morgan fingerprint density at radius 2 is 2.27 bits per heavy atom. The minimum Gasteiger partial charge on any atom is -0.341 e. The number of urea groups is 1. The third-order valence-corrected chi connectivity index (χ3v) is 4.97. The van der Waals surface area contributed by atoms with E-state index in [1.165, 1.54) is 4.88 Å². The van der Waals surface area contributed by atoms with Crippen LogP contribution < -0.4 is 5.32 Å². The molecule has 0 spiro atoms. The Hall–Kier alpha value is -1.63. The Kier molecular flexibility index (Phi) is 5.76. The topological polar surface area (TPSA) is 65.5 Å². The number of hydrogen-bond acceptors (Lipinski definition) is 4. The predicted molar refractivity (Wildman–Crippen MR) is 87.1 cm³/mol. The maximum Gasteiger partial charge on any atom is 0.317 e. The highest BCUT2D eigenvalue weighted by Crippen LogP contribution is 2.20. The molecule has 3 amide bonds. The van der Waals surface area contributed by atoms with Crippen molar-refractivity contribution >= 4 is 23.3 Å². The maximum absolute atomic E-state index is 12.3. The highest BCUT2D eigenvalue weighted by atomic mass is 32.1. The Balaban J connectivity index is 1.85. The summed E-state index contributed by atoms with van der Waals surface area (Å²) in [6.45, 7) is 8.80. The van der Waals surface area contributed by atoms with Gasteiger partial charge in [-0.2, -0.15) is 0 Å². The molecular weight excluding hydrogens is 300 g/mol. The van der Waals surface area contributed by atoms with Crippen LogP contribution in [0.2, 0.25) is 0 Å². The predicted octanol–water partition coefficient (Wildman–Crippen LogP) is 1.82. The fraction of sp³-hybridized carbons (Fsp3) is 0.667. The number of carbonyl (C=O) groups excluding carboxylic acids is 2. The molecule has 0 aromatic carbocycles. The average Bonchev–Trinajstić information content (AvgIpc) is 2.84. The van der Waals surface area contributed by atoms with Gasteiger partial charge in [0.25, 0.3) is 0 Å². The average molecular weight is 324 g/mol. The van der Waals surface area contributed by atoms with Gasteiger partial charge in [0.05, 0.1) is 5.01 Å². The van der Waals surface area contributed by atoms with E-state index in [4.69, 9.17) is 0 Å². The second-order valence-electron chi connectivity index (χ2n) is 5.64. The lowest BCUT2D eigenvalue weighted by molar-refractivity contribution is -0.130. The summed E-state index contributed by atoms with van der Waals surface area (Å²) < 4.78 is 0. The van der Waals surface area contributed by atoms with Crippen molar-refractivity contribution in [2.24, 2.45) is 0 Å². The van der Waals surface area contributed by atoms with E-state index < -0.39 is 0 Å². The molecule has 0 radical (unpaired) electrons. The van der Waals surface area contributed by atoms with Gasteiger partial charge in [-0.25, -0.2) is 9.78 Å². The van der Waals surface area contributed by atoms with Gasteiger partial charge < -0.3 is 15.1 Å². The van der Waals surface area contributed by atoms with Crippen LogP contribution in [0.25, 0.3) is 0 Å². The van der Waals surface area contributed by atoms with Gasteiger partial charge in [-0.1, -0.05) is 6.92 Å². The highest BCUT2D eigenvalue weighted by molar-refractivity contribution is 7.11. The van der Waals surface area contributed by atoms with E-state index in [-0.39, 0.29) is 24.4 Å². The van der Waals surface area contributed by atoms with Crippen LogP contribution in [0.5, 0.6) is 0 Å². The molecule has 1 N–H and O–H groups in total. The van der Waals surface area contributed by atoms with Crippen LogP contribution in [0.1, 0.15) is 36.1 Å². The van der Waals surface area contributed by atoms with Gasteiger partial charge in [-0.05, 0) is 20.3 Å². The standard InChI is InChI=1S/C15H24N4O2S/c1-4-18-6-5-7-19(10-13(18)20)15(21)17-8-11(2)14-16-9-12(3)22-14/h9,11H,4-8,10H2,1-3H3,(H,17,21). The normalized spacial score (nSPS) is 17.3. The molecule has 1 fully saturated rings. The first kappa shape index (κ1) is 16.7. The maximum atomic E-state index is 12.3. The zero-order valence-electron chi connectivity index (χ0n) is 13.5. The van der Waals surface area contributed by atoms with Crippen LogP contribution in [-0.2, 0) is 4.79 Å². The van der Waals surface area contributed by atoms with Crippen LogP contribution in [0.3, 0.4) is 0 Å². The quantitative estimate of drug-likeness (QED) is 0.919. The van der Waals surface area contributed by atoms with Crippen molar-refractivity contribution in [3.63, 3.8) is 0 Å². The molecule has 22 heavy (non-hydrogen) atoms. The molecule has 1 atom stereocenters. The molecule has 2 heterocycles. The highest BCUT2D eigenvalue weighted by Gasteiger charge is 2.24. The first-order valence-electron chi connectivity index (χ1n) is 7.74. The number of aromatic nitrogens is 1. The number of nitrogens with zero attached hydrogens (tertiary/aromatic N) is 3. The molecule has 7 heteroatoms. The number of amides is 3. The van der Waals surface area contributed by atoms with Crippen molar-refractivity contribution in [3.8, 4) is 0 Å². The van der Waals surface area contributed by atoms with Crippen molar-refractivity contribution < 1.29 is 9.59 Å². The Labute approximate surface area is 135 Å². The number of thiazole rings is 1. The smallest absolute Gasteiger partial charge is 0.317 e. The van der Waals surface area contributed by atoms with Gasteiger partial charge in [0.2, 0.25) is 5.91 Å². The molecule has 0 saturated carbocycles. The number of carbonyl (C=O) groups is 2. The molecular formula is C15H24N4O2S. The lowest BCUT2D eigenvalue weighted by atomic mass is 10.2. The molecule has 1 aromatic rings. The molecule has 1 aliphatic heterocycles. The third-order valence-electron chi connectivity index (χ3n) is 3.82. The SMILES string of the molecule is CCN1CCCN(C(=O)NCC(C)c2ncc(C)s2)CC1=O. The summed E-state index contributed by atoms with van der Waals surface area (Å²) in [5.41, 5.74) is 0. The van der Waals surface area contributed by atoms with Crippen LogP contribution in [0.15, 0.2) is 6.20 Å². The lowest BCUT2D eigenvalue weighted by Gasteiger charge is -2.22. The van der Waals surface area contributed by atoms with E-state index in [0.717, 1.165) is 18.0 Å². The summed E-state index contributed by atoms with van der Waals surface area (Å²) >= 11 is 1.65. The summed E-state index contributed by atoms with van der Waals surface area (Å²) in [6.07, 6.45) is 2.68. The number of hydrogen-bond donors (Lipinski definition) is 1. The van der Waals surface area contributed by atoms with E-state index in [2.05, 4.69) is 10.3 Å². The van der Waals surface area contributed by atoms with Crippen molar-refractivity contribution in [1.29, 1.82) is 0 Å². The van der Waals surface area contributed by atoms with Crippen LogP contribution in [-0.4, -0.2) is 59.4 Å². The minimum atomic E-state index is -0.161. The zero-order valence-corrected chi connectivity index (χ0v) is 14.3. The van der Waals surface area contributed by atoms with E-state index in [0.29, 0.717) is 19.6 Å². The van der Waals surface area contributed by atoms with Crippen molar-refractivity contribution in [2.75, 3.05) is 32.7 Å². The summed E-state index contributed by atoms with van der Waals surface area (Å²) in [5, 5.41) is 3.95. The molecule has 1 aromatic heterocycles. The molecule has 2 rings (SSSR count). The molecule has 122 valence electrons. The molecule has 1 aliphatic rings. The first-order chi connectivity index (χ1) is 10.5. The monoisotopic (exact) mass is 324 g/mol. The van der Waals surface area contributed by atoms with Crippen molar-refractivity contribution in [3.05, 3.63) is 16.1 Å². The van der Waals surface area contributed by atoms with E-state index in [1.807, 2.05) is 27.0 Å². The first-order valence-corrected chi connectivity index (χ1v) is 8.55.